The molecule has 4 nitrogen and oxygen atoms in total. The lowest BCUT2D eigenvalue weighted by Crippen LogP contribution is -2.34. The molecule has 1 aromatic rings. The summed E-state index contributed by atoms with van der Waals surface area (Å²) in [4.78, 5) is 25.1. The maximum absolute atomic E-state index is 14.0. The van der Waals surface area contributed by atoms with Crippen molar-refractivity contribution in [2.45, 2.75) is 18.9 Å². The fourth-order valence-corrected chi connectivity index (χ4v) is 2.60. The van der Waals surface area contributed by atoms with Gasteiger partial charge in [0.25, 0.3) is 11.7 Å². The van der Waals surface area contributed by atoms with Crippen molar-refractivity contribution < 1.29 is 14.0 Å². The highest BCUT2D eigenvalue weighted by molar-refractivity contribution is 6.55. The van der Waals surface area contributed by atoms with Gasteiger partial charge in [-0.15, -0.1) is 0 Å². The van der Waals surface area contributed by atoms with Gasteiger partial charge in [0.1, 0.15) is 5.82 Å². The standard InChI is InChI=1S/C15H14ClFN2O2/c1-8(6-18-9-2-3-9)7-19-13-11(17)5-4-10(16)12(13)14(20)15(19)21/h4-5,9,18H,1-3,6-7H2. The summed E-state index contributed by atoms with van der Waals surface area (Å²) in [5.41, 5.74) is 0.630. The normalized spacial score (nSPS) is 17.3. The molecule has 1 saturated carbocycles. The Labute approximate surface area is 126 Å². The number of nitrogens with one attached hydrogen (secondary N) is 1. The highest BCUT2D eigenvalue weighted by Gasteiger charge is 2.40. The van der Waals surface area contributed by atoms with Gasteiger partial charge in [-0.3, -0.25) is 14.5 Å². The zero-order valence-corrected chi connectivity index (χ0v) is 12.0. The Morgan fingerprint density at radius 3 is 2.81 bits per heavy atom. The van der Waals surface area contributed by atoms with Crippen LogP contribution in [0.1, 0.15) is 23.2 Å². The number of benzene rings is 1. The number of anilines is 1. The Morgan fingerprint density at radius 2 is 2.14 bits per heavy atom. The summed E-state index contributed by atoms with van der Waals surface area (Å²) in [6.45, 7) is 4.53. The van der Waals surface area contributed by atoms with E-state index >= 15 is 0 Å². The third kappa shape index (κ3) is 2.59. The van der Waals surface area contributed by atoms with E-state index in [0.29, 0.717) is 12.6 Å². The molecule has 0 unspecified atom stereocenters. The maximum Gasteiger partial charge on any atom is 0.299 e. The third-order valence-corrected chi connectivity index (χ3v) is 3.93. The monoisotopic (exact) mass is 308 g/mol. The Balaban J connectivity index is 1.83. The van der Waals surface area contributed by atoms with Gasteiger partial charge >= 0.3 is 0 Å². The molecule has 0 atom stereocenters. The van der Waals surface area contributed by atoms with Gasteiger partial charge in [0.2, 0.25) is 0 Å². The number of nitrogens with zero attached hydrogens (tertiary/aromatic N) is 1. The van der Waals surface area contributed by atoms with E-state index in [4.69, 9.17) is 11.6 Å². The van der Waals surface area contributed by atoms with Gasteiger partial charge in [-0.1, -0.05) is 18.2 Å². The number of Topliss-reactive ketones (excluding diaryl/α,β-unsaturated/α-hetero) is 1. The highest BCUT2D eigenvalue weighted by Crippen LogP contribution is 2.36. The molecule has 1 N–H and O–H groups in total. The molecule has 0 radical (unpaired) electrons. The minimum absolute atomic E-state index is 0.0370. The third-order valence-electron chi connectivity index (χ3n) is 3.61. The molecule has 21 heavy (non-hydrogen) atoms. The molecule has 3 rings (SSSR count). The predicted octanol–water partition coefficient (Wildman–Crippen LogP) is 2.32. The molecule has 1 aliphatic heterocycles. The van der Waals surface area contributed by atoms with E-state index in [0.717, 1.165) is 29.4 Å². The minimum atomic E-state index is -0.766. The number of halogens is 2. The average Bonchev–Trinajstić information content (AvgIpc) is 3.24. The molecule has 6 heteroatoms. The smallest absolute Gasteiger partial charge is 0.299 e. The van der Waals surface area contributed by atoms with Gasteiger partial charge < -0.3 is 5.32 Å². The molecule has 0 bridgehead atoms. The molecule has 1 amide bonds. The van der Waals surface area contributed by atoms with E-state index in [-0.39, 0.29) is 22.8 Å². The summed E-state index contributed by atoms with van der Waals surface area (Å²) in [6.07, 6.45) is 2.28. The Hall–Kier alpha value is -1.72. The Kier molecular flexibility index (Phi) is 3.55. The van der Waals surface area contributed by atoms with Gasteiger partial charge in [-0.2, -0.15) is 0 Å². The van der Waals surface area contributed by atoms with Gasteiger partial charge in [0, 0.05) is 19.1 Å². The van der Waals surface area contributed by atoms with Crippen molar-refractivity contribution in [1.29, 1.82) is 0 Å². The van der Waals surface area contributed by atoms with Crippen LogP contribution in [0.25, 0.3) is 0 Å². The molecular weight excluding hydrogens is 295 g/mol. The molecule has 1 heterocycles. The van der Waals surface area contributed by atoms with Crippen molar-refractivity contribution in [2.75, 3.05) is 18.0 Å². The number of fused-ring (bicyclic) bond motifs is 1. The molecule has 1 aromatic carbocycles. The molecule has 0 aromatic heterocycles. The fraction of sp³-hybridized carbons (Fsp3) is 0.333. The molecule has 2 aliphatic rings. The minimum Gasteiger partial charge on any atom is -0.310 e. The van der Waals surface area contributed by atoms with Crippen LogP contribution in [0, 0.1) is 5.82 Å². The number of rotatable bonds is 5. The first-order valence-corrected chi connectivity index (χ1v) is 7.11. The van der Waals surface area contributed by atoms with Crippen molar-refractivity contribution in [3.05, 3.63) is 40.7 Å². The SMILES string of the molecule is C=C(CNC1CC1)CN1C(=O)C(=O)c2c(Cl)ccc(F)c21. The van der Waals surface area contributed by atoms with Crippen LogP contribution in [-0.4, -0.2) is 30.8 Å². The van der Waals surface area contributed by atoms with E-state index in [1.54, 1.807) is 0 Å². The second-order valence-corrected chi connectivity index (χ2v) is 5.79. The lowest BCUT2D eigenvalue weighted by atomic mass is 10.1. The average molecular weight is 309 g/mol. The van der Waals surface area contributed by atoms with E-state index in [1.165, 1.54) is 6.07 Å². The first kappa shape index (κ1) is 14.2. The van der Waals surface area contributed by atoms with Gasteiger partial charge in [-0.05, 0) is 30.5 Å². The van der Waals surface area contributed by atoms with Gasteiger partial charge in [0.05, 0.1) is 16.3 Å². The topological polar surface area (TPSA) is 49.4 Å². The summed E-state index contributed by atoms with van der Waals surface area (Å²) >= 11 is 5.91. The van der Waals surface area contributed by atoms with Gasteiger partial charge in [-0.25, -0.2) is 4.39 Å². The van der Waals surface area contributed by atoms with E-state index in [9.17, 15) is 14.0 Å². The summed E-state index contributed by atoms with van der Waals surface area (Å²) < 4.78 is 14.0. The first-order valence-electron chi connectivity index (χ1n) is 6.73. The molecular formula is C15H14ClFN2O2. The first-order chi connectivity index (χ1) is 9.99. The van der Waals surface area contributed by atoms with Crippen LogP contribution in [0.15, 0.2) is 24.3 Å². The van der Waals surface area contributed by atoms with Crippen LogP contribution in [-0.2, 0) is 4.79 Å². The number of ketones is 1. The van der Waals surface area contributed by atoms with Crippen molar-refractivity contribution in [1.82, 2.24) is 5.32 Å². The van der Waals surface area contributed by atoms with Crippen LogP contribution in [0.5, 0.6) is 0 Å². The van der Waals surface area contributed by atoms with Crippen molar-refractivity contribution in [2.24, 2.45) is 0 Å². The van der Waals surface area contributed by atoms with E-state index in [1.807, 2.05) is 0 Å². The van der Waals surface area contributed by atoms with Crippen LogP contribution in [0.3, 0.4) is 0 Å². The lowest BCUT2D eigenvalue weighted by Gasteiger charge is -2.19. The summed E-state index contributed by atoms with van der Waals surface area (Å²) in [5, 5.41) is 3.36. The molecule has 0 saturated heterocycles. The van der Waals surface area contributed by atoms with E-state index in [2.05, 4.69) is 11.9 Å². The molecule has 0 spiro atoms. The number of carbonyl (C=O) groups is 2. The zero-order valence-electron chi connectivity index (χ0n) is 11.3. The van der Waals surface area contributed by atoms with Crippen LogP contribution in [0.2, 0.25) is 5.02 Å². The Morgan fingerprint density at radius 1 is 1.43 bits per heavy atom. The molecule has 1 fully saturated rings. The summed E-state index contributed by atoms with van der Waals surface area (Å²) in [6, 6.07) is 2.95. The zero-order chi connectivity index (χ0) is 15.1. The van der Waals surface area contributed by atoms with Crippen molar-refractivity contribution in [3.8, 4) is 0 Å². The number of hydrogen-bond donors (Lipinski definition) is 1. The van der Waals surface area contributed by atoms with E-state index < -0.39 is 17.5 Å². The second kappa shape index (κ2) is 5.24. The van der Waals surface area contributed by atoms with Crippen LogP contribution >= 0.6 is 11.6 Å². The Bertz CT molecular complexity index is 655. The van der Waals surface area contributed by atoms with Crippen molar-refractivity contribution >= 4 is 29.0 Å². The second-order valence-electron chi connectivity index (χ2n) is 5.38. The quantitative estimate of drug-likeness (QED) is 0.671. The highest BCUT2D eigenvalue weighted by atomic mass is 35.5. The number of amides is 1. The summed E-state index contributed by atoms with van der Waals surface area (Å²) in [5.74, 6) is -2.15. The number of hydrogen-bond acceptors (Lipinski definition) is 3. The predicted molar refractivity (Wildman–Crippen MR) is 78.3 cm³/mol. The molecule has 1 aliphatic carbocycles. The van der Waals surface area contributed by atoms with Crippen LogP contribution in [0.4, 0.5) is 10.1 Å². The number of carbonyl (C=O) groups excluding carboxylic acids is 2. The van der Waals surface area contributed by atoms with Crippen molar-refractivity contribution in [3.63, 3.8) is 0 Å². The summed E-state index contributed by atoms with van der Waals surface area (Å²) in [7, 11) is 0. The largest absolute Gasteiger partial charge is 0.310 e. The van der Waals surface area contributed by atoms with Crippen LogP contribution < -0.4 is 10.2 Å². The van der Waals surface area contributed by atoms with Gasteiger partial charge in [0.15, 0.2) is 0 Å². The fourth-order valence-electron chi connectivity index (χ4n) is 2.36. The lowest BCUT2D eigenvalue weighted by molar-refractivity contribution is -0.114. The maximum atomic E-state index is 14.0. The molecule has 110 valence electrons.